The molecule has 0 saturated carbocycles. The lowest BCUT2D eigenvalue weighted by atomic mass is 10.4. The van der Waals surface area contributed by atoms with Crippen LogP contribution in [0.3, 0.4) is 0 Å². The van der Waals surface area contributed by atoms with Gasteiger partial charge < -0.3 is 10.3 Å². The molecule has 72 valence electrons. The van der Waals surface area contributed by atoms with Crippen LogP contribution in [0.15, 0.2) is 30.2 Å². The summed E-state index contributed by atoms with van der Waals surface area (Å²) in [5.41, 5.74) is 1.62. The maximum Gasteiger partial charge on any atom is 0.268 e. The van der Waals surface area contributed by atoms with Crippen molar-refractivity contribution < 1.29 is 4.79 Å². The van der Waals surface area contributed by atoms with Gasteiger partial charge in [0, 0.05) is 6.54 Å². The zero-order valence-electron chi connectivity index (χ0n) is 7.54. The lowest BCUT2D eigenvalue weighted by molar-refractivity contribution is 0.0954. The Morgan fingerprint density at radius 2 is 2.57 bits per heavy atom. The van der Waals surface area contributed by atoms with Crippen molar-refractivity contribution in [3.63, 3.8) is 0 Å². The van der Waals surface area contributed by atoms with Crippen LogP contribution < -0.4 is 5.32 Å². The summed E-state index contributed by atoms with van der Waals surface area (Å²) in [6.07, 6.45) is 1.66. The van der Waals surface area contributed by atoms with Crippen LogP contribution in [0.5, 0.6) is 0 Å². The molecule has 0 unspecified atom stereocenters. The highest BCUT2D eigenvalue weighted by Crippen LogP contribution is 2.20. The number of fused-ring (bicyclic) bond motifs is 1. The Morgan fingerprint density at radius 3 is 3.29 bits per heavy atom. The molecular weight excluding hydrogens is 196 g/mol. The van der Waals surface area contributed by atoms with Crippen LogP contribution in [0.4, 0.5) is 0 Å². The van der Waals surface area contributed by atoms with E-state index in [9.17, 15) is 4.79 Å². The Labute approximate surface area is 85.4 Å². The van der Waals surface area contributed by atoms with Crippen molar-refractivity contribution >= 4 is 27.5 Å². The second kappa shape index (κ2) is 3.67. The molecule has 14 heavy (non-hydrogen) atoms. The first-order valence-electron chi connectivity index (χ1n) is 4.26. The van der Waals surface area contributed by atoms with Crippen molar-refractivity contribution in [3.05, 3.63) is 35.9 Å². The molecule has 1 amide bonds. The van der Waals surface area contributed by atoms with Gasteiger partial charge in [-0.25, -0.2) is 0 Å². The van der Waals surface area contributed by atoms with Gasteiger partial charge >= 0.3 is 0 Å². The zero-order valence-corrected chi connectivity index (χ0v) is 8.36. The van der Waals surface area contributed by atoms with E-state index in [1.54, 1.807) is 17.4 Å². The number of hydrogen-bond donors (Lipinski definition) is 2. The van der Waals surface area contributed by atoms with Crippen LogP contribution >= 0.6 is 11.3 Å². The first-order chi connectivity index (χ1) is 6.81. The summed E-state index contributed by atoms with van der Waals surface area (Å²) in [6, 6.07) is 3.82. The molecule has 2 heterocycles. The minimum atomic E-state index is -0.0895. The van der Waals surface area contributed by atoms with E-state index in [0.29, 0.717) is 12.2 Å². The van der Waals surface area contributed by atoms with Crippen molar-refractivity contribution in [1.29, 1.82) is 0 Å². The summed E-state index contributed by atoms with van der Waals surface area (Å²) in [5, 5.41) is 4.71. The Balaban J connectivity index is 2.21. The van der Waals surface area contributed by atoms with Crippen molar-refractivity contribution in [2.75, 3.05) is 6.54 Å². The molecule has 0 atom stereocenters. The van der Waals surface area contributed by atoms with E-state index in [1.165, 1.54) is 0 Å². The third-order valence-corrected chi connectivity index (χ3v) is 2.76. The van der Waals surface area contributed by atoms with E-state index in [0.717, 1.165) is 10.2 Å². The minimum absolute atomic E-state index is 0.0895. The molecule has 0 fully saturated rings. The van der Waals surface area contributed by atoms with Crippen LogP contribution in [-0.4, -0.2) is 17.4 Å². The molecule has 0 saturated heterocycles. The lowest BCUT2D eigenvalue weighted by Crippen LogP contribution is -2.23. The topological polar surface area (TPSA) is 44.9 Å². The third kappa shape index (κ3) is 1.56. The molecule has 0 aliphatic heterocycles. The maximum atomic E-state index is 11.5. The standard InChI is InChI=1S/C10H10N2OS/c1-2-4-11-10(13)8-6-9-7(12-8)3-5-14-9/h2-3,5-6,12H,1,4H2,(H,11,13). The number of amides is 1. The molecule has 3 nitrogen and oxygen atoms in total. The number of H-pyrrole nitrogens is 1. The number of aromatic amines is 1. The smallest absolute Gasteiger partial charge is 0.268 e. The summed E-state index contributed by atoms with van der Waals surface area (Å²) in [6.45, 7) is 4.03. The summed E-state index contributed by atoms with van der Waals surface area (Å²) >= 11 is 1.62. The Kier molecular flexibility index (Phi) is 2.37. The fourth-order valence-corrected chi connectivity index (χ4v) is 2.01. The minimum Gasteiger partial charge on any atom is -0.350 e. The van der Waals surface area contributed by atoms with Crippen LogP contribution in [0.2, 0.25) is 0 Å². The van der Waals surface area contributed by atoms with Crippen molar-refractivity contribution in [3.8, 4) is 0 Å². The molecule has 2 rings (SSSR count). The molecule has 0 radical (unpaired) electrons. The molecule has 2 aromatic rings. The van der Waals surface area contributed by atoms with Gasteiger partial charge in [0.05, 0.1) is 10.2 Å². The Morgan fingerprint density at radius 1 is 1.71 bits per heavy atom. The quantitative estimate of drug-likeness (QED) is 0.742. The van der Waals surface area contributed by atoms with Gasteiger partial charge in [-0.2, -0.15) is 0 Å². The number of carbonyl (C=O) groups excluding carboxylic acids is 1. The third-order valence-electron chi connectivity index (χ3n) is 1.89. The molecule has 2 aromatic heterocycles. The number of carbonyl (C=O) groups is 1. The van der Waals surface area contributed by atoms with Crippen LogP contribution in [0, 0.1) is 0 Å². The van der Waals surface area contributed by atoms with E-state index in [4.69, 9.17) is 0 Å². The average molecular weight is 206 g/mol. The maximum absolute atomic E-state index is 11.5. The van der Waals surface area contributed by atoms with E-state index in [2.05, 4.69) is 16.9 Å². The Hall–Kier alpha value is -1.55. The van der Waals surface area contributed by atoms with E-state index in [-0.39, 0.29) is 5.91 Å². The number of thiophene rings is 1. The van der Waals surface area contributed by atoms with Gasteiger partial charge in [-0.1, -0.05) is 6.08 Å². The number of rotatable bonds is 3. The molecule has 0 spiro atoms. The SMILES string of the molecule is C=CCNC(=O)c1cc2sccc2[nH]1. The highest BCUT2D eigenvalue weighted by Gasteiger charge is 2.08. The van der Waals surface area contributed by atoms with Crippen LogP contribution in [0.25, 0.3) is 10.2 Å². The first-order valence-corrected chi connectivity index (χ1v) is 5.14. The van der Waals surface area contributed by atoms with Crippen LogP contribution in [-0.2, 0) is 0 Å². The van der Waals surface area contributed by atoms with Gasteiger partial charge in [0.1, 0.15) is 5.69 Å². The van der Waals surface area contributed by atoms with Gasteiger partial charge in [0.15, 0.2) is 0 Å². The number of nitrogens with one attached hydrogen (secondary N) is 2. The fourth-order valence-electron chi connectivity index (χ4n) is 1.23. The highest BCUT2D eigenvalue weighted by atomic mass is 32.1. The molecule has 0 aliphatic rings. The van der Waals surface area contributed by atoms with E-state index in [1.807, 2.05) is 17.5 Å². The summed E-state index contributed by atoms with van der Waals surface area (Å²) in [7, 11) is 0. The normalized spacial score (nSPS) is 10.3. The average Bonchev–Trinajstić information content (AvgIpc) is 2.72. The van der Waals surface area contributed by atoms with Crippen LogP contribution in [0.1, 0.15) is 10.5 Å². The molecular formula is C10H10N2OS. The number of hydrogen-bond acceptors (Lipinski definition) is 2. The number of aromatic nitrogens is 1. The van der Waals surface area contributed by atoms with Crippen molar-refractivity contribution in [2.45, 2.75) is 0 Å². The highest BCUT2D eigenvalue weighted by molar-refractivity contribution is 7.17. The van der Waals surface area contributed by atoms with Gasteiger partial charge in [-0.05, 0) is 17.5 Å². The molecule has 0 bridgehead atoms. The monoisotopic (exact) mass is 206 g/mol. The molecule has 4 heteroatoms. The molecule has 2 N–H and O–H groups in total. The summed E-state index contributed by atoms with van der Waals surface area (Å²) < 4.78 is 1.11. The van der Waals surface area contributed by atoms with Crippen molar-refractivity contribution in [2.24, 2.45) is 0 Å². The first kappa shape index (κ1) is 9.02. The van der Waals surface area contributed by atoms with Crippen molar-refractivity contribution in [1.82, 2.24) is 10.3 Å². The predicted octanol–water partition coefficient (Wildman–Crippen LogP) is 2.15. The largest absolute Gasteiger partial charge is 0.350 e. The zero-order chi connectivity index (χ0) is 9.97. The fraction of sp³-hybridized carbons (Fsp3) is 0.100. The van der Waals surface area contributed by atoms with Gasteiger partial charge in [-0.3, -0.25) is 4.79 Å². The summed E-state index contributed by atoms with van der Waals surface area (Å²) in [4.78, 5) is 14.5. The second-order valence-electron chi connectivity index (χ2n) is 2.88. The predicted molar refractivity (Wildman–Crippen MR) is 58.7 cm³/mol. The van der Waals surface area contributed by atoms with E-state index < -0.39 is 0 Å². The van der Waals surface area contributed by atoms with Gasteiger partial charge in [0.25, 0.3) is 5.91 Å². The van der Waals surface area contributed by atoms with Gasteiger partial charge in [0.2, 0.25) is 0 Å². The van der Waals surface area contributed by atoms with E-state index >= 15 is 0 Å². The second-order valence-corrected chi connectivity index (χ2v) is 3.83. The molecule has 0 aromatic carbocycles. The Bertz CT molecular complexity index is 441. The summed E-state index contributed by atoms with van der Waals surface area (Å²) in [5.74, 6) is -0.0895. The lowest BCUT2D eigenvalue weighted by Gasteiger charge is -1.97. The molecule has 0 aliphatic carbocycles. The van der Waals surface area contributed by atoms with Gasteiger partial charge in [-0.15, -0.1) is 17.9 Å².